The normalized spacial score (nSPS) is 16.0. The van der Waals surface area contributed by atoms with Gasteiger partial charge in [-0.05, 0) is 11.6 Å². The summed E-state index contributed by atoms with van der Waals surface area (Å²) >= 11 is 0. The van der Waals surface area contributed by atoms with E-state index in [-0.39, 0.29) is 22.6 Å². The lowest BCUT2D eigenvalue weighted by molar-refractivity contribution is -0.384. The summed E-state index contributed by atoms with van der Waals surface area (Å²) < 4.78 is 0. The number of carbonyl (C=O) groups excluding carboxylic acids is 1. The average molecular weight is 368 g/mol. The van der Waals surface area contributed by atoms with Crippen LogP contribution in [-0.2, 0) is 4.79 Å². The predicted molar refractivity (Wildman–Crippen MR) is 105 cm³/mol. The van der Waals surface area contributed by atoms with E-state index in [9.17, 15) is 14.9 Å². The van der Waals surface area contributed by atoms with Crippen molar-refractivity contribution in [3.8, 4) is 0 Å². The summed E-state index contributed by atoms with van der Waals surface area (Å²) in [5.41, 5.74) is 1.72. The van der Waals surface area contributed by atoms with Gasteiger partial charge in [-0.25, -0.2) is 0 Å². The maximum Gasteiger partial charge on any atom is 0.292 e. The monoisotopic (exact) mass is 368 g/mol. The van der Waals surface area contributed by atoms with E-state index < -0.39 is 0 Å². The Morgan fingerprint density at radius 1 is 1.00 bits per heavy atom. The standard InChI is InChI=1S/C20H24N4O3/c1-21(2)20(25)19(16-8-4-3-5-9-16)23-14-12-22(13-15-23)17-10-6-7-11-18(17)24(26)27/h3-11,19H,12-15H2,1-2H3/t19-/m1/s1. The molecule has 7 nitrogen and oxygen atoms in total. The SMILES string of the molecule is CN(C)C(=O)[C@@H](c1ccccc1)N1CCN(c2ccccc2[N+](=O)[O-])CC1. The van der Waals surface area contributed by atoms with Crippen molar-refractivity contribution in [3.05, 3.63) is 70.3 Å². The fourth-order valence-corrected chi connectivity index (χ4v) is 3.50. The largest absolute Gasteiger partial charge is 0.363 e. The molecule has 2 aromatic carbocycles. The minimum Gasteiger partial charge on any atom is -0.363 e. The van der Waals surface area contributed by atoms with Gasteiger partial charge >= 0.3 is 0 Å². The van der Waals surface area contributed by atoms with E-state index in [4.69, 9.17) is 0 Å². The van der Waals surface area contributed by atoms with Gasteiger partial charge in [-0.3, -0.25) is 19.8 Å². The smallest absolute Gasteiger partial charge is 0.292 e. The van der Waals surface area contributed by atoms with Crippen LogP contribution in [0.1, 0.15) is 11.6 Å². The molecule has 0 spiro atoms. The molecule has 1 heterocycles. The van der Waals surface area contributed by atoms with Crippen molar-refractivity contribution in [2.24, 2.45) is 0 Å². The number of nitrogens with zero attached hydrogens (tertiary/aromatic N) is 4. The summed E-state index contributed by atoms with van der Waals surface area (Å²) in [7, 11) is 3.53. The summed E-state index contributed by atoms with van der Waals surface area (Å²) in [5.74, 6) is 0.0420. The van der Waals surface area contributed by atoms with Crippen molar-refractivity contribution < 1.29 is 9.72 Å². The first kappa shape index (κ1) is 18.8. The third-order valence-electron chi connectivity index (χ3n) is 4.89. The molecule has 0 aliphatic carbocycles. The van der Waals surface area contributed by atoms with E-state index in [0.717, 1.165) is 5.56 Å². The van der Waals surface area contributed by atoms with Crippen LogP contribution in [0.5, 0.6) is 0 Å². The summed E-state index contributed by atoms with van der Waals surface area (Å²) in [6.45, 7) is 2.58. The van der Waals surface area contributed by atoms with Crippen molar-refractivity contribution in [3.63, 3.8) is 0 Å². The van der Waals surface area contributed by atoms with E-state index in [0.29, 0.717) is 31.9 Å². The molecule has 0 unspecified atom stereocenters. The number of nitro groups is 1. The van der Waals surface area contributed by atoms with Crippen LogP contribution in [0.4, 0.5) is 11.4 Å². The second-order valence-corrected chi connectivity index (χ2v) is 6.81. The van der Waals surface area contributed by atoms with Gasteiger partial charge in [0.2, 0.25) is 5.91 Å². The molecule has 0 radical (unpaired) electrons. The van der Waals surface area contributed by atoms with Crippen molar-refractivity contribution in [1.82, 2.24) is 9.80 Å². The van der Waals surface area contributed by atoms with E-state index >= 15 is 0 Å². The second kappa shape index (κ2) is 8.18. The number of anilines is 1. The van der Waals surface area contributed by atoms with Gasteiger partial charge in [0.1, 0.15) is 11.7 Å². The molecular weight excluding hydrogens is 344 g/mol. The molecule has 0 N–H and O–H groups in total. The summed E-state index contributed by atoms with van der Waals surface area (Å²) in [6.07, 6.45) is 0. The highest BCUT2D eigenvalue weighted by molar-refractivity contribution is 5.83. The number of likely N-dealkylation sites (N-methyl/N-ethyl adjacent to an activating group) is 1. The number of hydrogen-bond acceptors (Lipinski definition) is 5. The third kappa shape index (κ3) is 4.09. The predicted octanol–water partition coefficient (Wildman–Crippen LogP) is 2.55. The molecule has 142 valence electrons. The van der Waals surface area contributed by atoms with Crippen LogP contribution in [0, 0.1) is 10.1 Å². The number of hydrogen-bond donors (Lipinski definition) is 0. The van der Waals surface area contributed by atoms with Crippen LogP contribution in [0.3, 0.4) is 0 Å². The van der Waals surface area contributed by atoms with Crippen LogP contribution < -0.4 is 4.90 Å². The van der Waals surface area contributed by atoms with Gasteiger partial charge in [-0.15, -0.1) is 0 Å². The lowest BCUT2D eigenvalue weighted by atomic mass is 10.0. The zero-order valence-corrected chi connectivity index (χ0v) is 15.6. The van der Waals surface area contributed by atoms with Crippen molar-refractivity contribution >= 4 is 17.3 Å². The number of piperazine rings is 1. The van der Waals surface area contributed by atoms with E-state index in [1.165, 1.54) is 6.07 Å². The van der Waals surface area contributed by atoms with Gasteiger partial charge in [0, 0.05) is 46.3 Å². The molecule has 2 aromatic rings. The highest BCUT2D eigenvalue weighted by Gasteiger charge is 2.32. The molecular formula is C20H24N4O3. The molecule has 1 aliphatic rings. The highest BCUT2D eigenvalue weighted by atomic mass is 16.6. The fraction of sp³-hybridized carbons (Fsp3) is 0.350. The van der Waals surface area contributed by atoms with Crippen molar-refractivity contribution in [2.75, 3.05) is 45.2 Å². The molecule has 1 saturated heterocycles. The van der Waals surface area contributed by atoms with Crippen molar-refractivity contribution in [2.45, 2.75) is 6.04 Å². The third-order valence-corrected chi connectivity index (χ3v) is 4.89. The minimum absolute atomic E-state index is 0.0420. The Morgan fingerprint density at radius 2 is 1.59 bits per heavy atom. The molecule has 1 atom stereocenters. The lowest BCUT2D eigenvalue weighted by Gasteiger charge is -2.40. The molecule has 0 bridgehead atoms. The maximum absolute atomic E-state index is 12.8. The number of amides is 1. The molecule has 1 amide bonds. The molecule has 1 fully saturated rings. The van der Waals surface area contributed by atoms with Crippen LogP contribution in [-0.4, -0.2) is 60.9 Å². The highest BCUT2D eigenvalue weighted by Crippen LogP contribution is 2.30. The molecule has 3 rings (SSSR count). The van der Waals surface area contributed by atoms with E-state index in [1.54, 1.807) is 31.1 Å². The quantitative estimate of drug-likeness (QED) is 0.599. The van der Waals surface area contributed by atoms with Crippen LogP contribution >= 0.6 is 0 Å². The average Bonchev–Trinajstić information content (AvgIpc) is 2.69. The Hall–Kier alpha value is -2.93. The van der Waals surface area contributed by atoms with E-state index in [1.807, 2.05) is 41.3 Å². The van der Waals surface area contributed by atoms with Crippen LogP contribution in [0.15, 0.2) is 54.6 Å². The molecule has 1 aliphatic heterocycles. The number of carbonyl (C=O) groups is 1. The second-order valence-electron chi connectivity index (χ2n) is 6.81. The van der Waals surface area contributed by atoms with Crippen molar-refractivity contribution in [1.29, 1.82) is 0 Å². The Morgan fingerprint density at radius 3 is 2.19 bits per heavy atom. The molecule has 27 heavy (non-hydrogen) atoms. The Bertz CT molecular complexity index is 802. The molecule has 0 aromatic heterocycles. The minimum atomic E-state index is -0.343. The number of rotatable bonds is 5. The first-order valence-electron chi connectivity index (χ1n) is 8.97. The van der Waals surface area contributed by atoms with Gasteiger partial charge in [-0.1, -0.05) is 42.5 Å². The molecule has 7 heteroatoms. The van der Waals surface area contributed by atoms with Crippen LogP contribution in [0.2, 0.25) is 0 Å². The summed E-state index contributed by atoms with van der Waals surface area (Å²) in [6, 6.07) is 16.2. The fourth-order valence-electron chi connectivity index (χ4n) is 3.50. The van der Waals surface area contributed by atoms with Gasteiger partial charge < -0.3 is 9.80 Å². The Balaban J connectivity index is 1.79. The van der Waals surface area contributed by atoms with Gasteiger partial charge in [0.15, 0.2) is 0 Å². The Labute approximate surface area is 158 Å². The topological polar surface area (TPSA) is 69.9 Å². The zero-order valence-electron chi connectivity index (χ0n) is 15.6. The first-order valence-corrected chi connectivity index (χ1v) is 8.97. The summed E-state index contributed by atoms with van der Waals surface area (Å²) in [4.78, 5) is 29.6. The van der Waals surface area contributed by atoms with Crippen LogP contribution in [0.25, 0.3) is 0 Å². The van der Waals surface area contributed by atoms with Gasteiger partial charge in [-0.2, -0.15) is 0 Å². The first-order chi connectivity index (χ1) is 13.0. The summed E-state index contributed by atoms with van der Waals surface area (Å²) in [5, 5.41) is 11.3. The van der Waals surface area contributed by atoms with Gasteiger partial charge in [0.25, 0.3) is 5.69 Å². The Kier molecular flexibility index (Phi) is 5.71. The number of para-hydroxylation sites is 2. The van der Waals surface area contributed by atoms with Gasteiger partial charge in [0.05, 0.1) is 4.92 Å². The maximum atomic E-state index is 12.8. The number of benzene rings is 2. The lowest BCUT2D eigenvalue weighted by Crippen LogP contribution is -2.51. The molecule has 0 saturated carbocycles. The number of nitro benzene ring substituents is 1. The zero-order chi connectivity index (χ0) is 19.4. The van der Waals surface area contributed by atoms with E-state index in [2.05, 4.69) is 4.90 Å².